The number of hydrogen-bond donors (Lipinski definition) is 4. The maximum absolute atomic E-state index is 10.8. The Labute approximate surface area is 79.9 Å². The van der Waals surface area contributed by atoms with E-state index in [1.807, 2.05) is 0 Å². The molecule has 0 saturated carbocycles. The van der Waals surface area contributed by atoms with Gasteiger partial charge in [-0.15, -0.1) is 0 Å². The number of aromatic hydroxyl groups is 3. The zero-order valence-electron chi connectivity index (χ0n) is 7.19. The summed E-state index contributed by atoms with van der Waals surface area (Å²) in [7, 11) is 0. The van der Waals surface area contributed by atoms with Gasteiger partial charge < -0.3 is 20.6 Å². The van der Waals surface area contributed by atoms with Crippen molar-refractivity contribution in [3.05, 3.63) is 24.8 Å². The van der Waals surface area contributed by atoms with E-state index in [2.05, 4.69) is 11.9 Å². The fourth-order valence-electron chi connectivity index (χ4n) is 0.870. The maximum atomic E-state index is 10.8. The van der Waals surface area contributed by atoms with E-state index in [1.54, 1.807) is 0 Å². The predicted molar refractivity (Wildman–Crippen MR) is 50.3 cm³/mol. The number of carbonyl (C=O) groups excluding carboxylic acids is 1. The van der Waals surface area contributed by atoms with Crippen molar-refractivity contribution in [1.82, 2.24) is 0 Å². The van der Waals surface area contributed by atoms with E-state index in [0.29, 0.717) is 0 Å². The molecule has 0 aliphatic heterocycles. The number of phenolic OH excluding ortho intramolecular Hbond substituents is 3. The van der Waals surface area contributed by atoms with Crippen molar-refractivity contribution in [2.24, 2.45) is 0 Å². The molecular formula is C9H9NO4. The van der Waals surface area contributed by atoms with Gasteiger partial charge in [-0.05, 0) is 6.08 Å². The molecular weight excluding hydrogens is 186 g/mol. The fraction of sp³-hybridized carbons (Fsp3) is 0. The van der Waals surface area contributed by atoms with Crippen molar-refractivity contribution < 1.29 is 20.1 Å². The van der Waals surface area contributed by atoms with Crippen molar-refractivity contribution in [1.29, 1.82) is 0 Å². The van der Waals surface area contributed by atoms with Crippen LogP contribution in [0.4, 0.5) is 5.69 Å². The van der Waals surface area contributed by atoms with Crippen LogP contribution in [0.3, 0.4) is 0 Å². The van der Waals surface area contributed by atoms with E-state index in [4.69, 9.17) is 15.3 Å². The number of phenols is 3. The zero-order chi connectivity index (χ0) is 10.7. The van der Waals surface area contributed by atoms with Crippen molar-refractivity contribution in [3.8, 4) is 17.2 Å². The van der Waals surface area contributed by atoms with Crippen LogP contribution in [0.5, 0.6) is 17.2 Å². The van der Waals surface area contributed by atoms with Gasteiger partial charge in [0.2, 0.25) is 5.91 Å². The first-order chi connectivity index (χ1) is 6.54. The van der Waals surface area contributed by atoms with Crippen LogP contribution in [-0.4, -0.2) is 21.2 Å². The highest BCUT2D eigenvalue weighted by molar-refractivity contribution is 5.99. The van der Waals surface area contributed by atoms with E-state index >= 15 is 0 Å². The first kappa shape index (κ1) is 9.91. The maximum Gasteiger partial charge on any atom is 0.247 e. The average molecular weight is 195 g/mol. The lowest BCUT2D eigenvalue weighted by atomic mass is 10.2. The van der Waals surface area contributed by atoms with Crippen LogP contribution in [0.2, 0.25) is 0 Å². The van der Waals surface area contributed by atoms with Gasteiger partial charge in [-0.25, -0.2) is 0 Å². The monoisotopic (exact) mass is 195 g/mol. The minimum Gasteiger partial charge on any atom is -0.504 e. The van der Waals surface area contributed by atoms with Gasteiger partial charge in [0.15, 0.2) is 17.2 Å². The first-order valence-electron chi connectivity index (χ1n) is 3.73. The van der Waals surface area contributed by atoms with Gasteiger partial charge in [-0.1, -0.05) is 6.58 Å². The Kier molecular flexibility index (Phi) is 2.62. The second-order valence-electron chi connectivity index (χ2n) is 2.56. The summed E-state index contributed by atoms with van der Waals surface area (Å²) in [5.74, 6) is -2.12. The van der Waals surface area contributed by atoms with Crippen LogP contribution >= 0.6 is 0 Å². The third-order valence-electron chi connectivity index (χ3n) is 1.52. The van der Waals surface area contributed by atoms with E-state index in [0.717, 1.165) is 18.2 Å². The summed E-state index contributed by atoms with van der Waals surface area (Å²) < 4.78 is 0. The molecule has 0 aromatic heterocycles. The second-order valence-corrected chi connectivity index (χ2v) is 2.56. The molecule has 0 unspecified atom stereocenters. The van der Waals surface area contributed by atoms with Crippen molar-refractivity contribution in [2.75, 3.05) is 5.32 Å². The molecule has 0 spiro atoms. The molecule has 1 aromatic rings. The minimum atomic E-state index is -0.624. The summed E-state index contributed by atoms with van der Waals surface area (Å²) >= 11 is 0. The van der Waals surface area contributed by atoms with Gasteiger partial charge in [0.25, 0.3) is 0 Å². The molecule has 0 heterocycles. The molecule has 14 heavy (non-hydrogen) atoms. The lowest BCUT2D eigenvalue weighted by Crippen LogP contribution is -2.06. The quantitative estimate of drug-likeness (QED) is 0.321. The van der Waals surface area contributed by atoms with Crippen LogP contribution in [0, 0.1) is 0 Å². The van der Waals surface area contributed by atoms with Gasteiger partial charge in [0.05, 0.1) is 0 Å². The molecule has 5 heteroatoms. The number of amides is 1. The molecule has 1 rings (SSSR count). The second kappa shape index (κ2) is 3.69. The predicted octanol–water partition coefficient (Wildman–Crippen LogP) is 0.928. The minimum absolute atomic E-state index is 0.169. The van der Waals surface area contributed by atoms with E-state index in [9.17, 15) is 4.79 Å². The first-order valence-corrected chi connectivity index (χ1v) is 3.73. The Hall–Kier alpha value is -2.17. The van der Waals surface area contributed by atoms with Crippen molar-refractivity contribution in [2.45, 2.75) is 0 Å². The van der Waals surface area contributed by atoms with Gasteiger partial charge in [-0.2, -0.15) is 0 Å². The third kappa shape index (κ3) is 1.95. The van der Waals surface area contributed by atoms with Crippen LogP contribution in [0.15, 0.2) is 24.8 Å². The van der Waals surface area contributed by atoms with E-state index < -0.39 is 23.2 Å². The van der Waals surface area contributed by atoms with Gasteiger partial charge in [0, 0.05) is 17.8 Å². The molecule has 5 nitrogen and oxygen atoms in total. The fourth-order valence-corrected chi connectivity index (χ4v) is 0.870. The number of carbonyl (C=O) groups is 1. The topological polar surface area (TPSA) is 89.8 Å². The zero-order valence-corrected chi connectivity index (χ0v) is 7.19. The van der Waals surface area contributed by atoms with Crippen molar-refractivity contribution >= 4 is 11.6 Å². The Morgan fingerprint density at radius 1 is 1.29 bits per heavy atom. The number of rotatable bonds is 2. The van der Waals surface area contributed by atoms with Crippen LogP contribution in [0.25, 0.3) is 0 Å². The molecule has 0 aliphatic carbocycles. The van der Waals surface area contributed by atoms with Gasteiger partial charge in [-0.3, -0.25) is 4.79 Å². The summed E-state index contributed by atoms with van der Waals surface area (Å²) in [5.41, 5.74) is 0.169. The highest BCUT2D eigenvalue weighted by Crippen LogP contribution is 2.37. The van der Waals surface area contributed by atoms with Gasteiger partial charge in [0.1, 0.15) is 0 Å². The smallest absolute Gasteiger partial charge is 0.247 e. The molecule has 0 bridgehead atoms. The lowest BCUT2D eigenvalue weighted by Gasteiger charge is -2.05. The van der Waals surface area contributed by atoms with Crippen LogP contribution < -0.4 is 5.32 Å². The van der Waals surface area contributed by atoms with Crippen LogP contribution in [-0.2, 0) is 4.79 Å². The van der Waals surface area contributed by atoms with Crippen LogP contribution in [0.1, 0.15) is 0 Å². The molecule has 0 atom stereocenters. The Balaban J connectivity index is 3.01. The number of nitrogens with one attached hydrogen (secondary N) is 1. The number of hydrogen-bond acceptors (Lipinski definition) is 4. The molecule has 0 aliphatic rings. The molecule has 1 amide bonds. The Morgan fingerprint density at radius 2 is 1.79 bits per heavy atom. The van der Waals surface area contributed by atoms with E-state index in [1.165, 1.54) is 0 Å². The SMILES string of the molecule is C=CC(=O)Nc1cc(O)c(O)c(O)c1. The number of anilines is 1. The summed E-state index contributed by atoms with van der Waals surface area (Å²) in [6.45, 7) is 3.23. The molecule has 0 radical (unpaired) electrons. The summed E-state index contributed by atoms with van der Waals surface area (Å²) in [4.78, 5) is 10.8. The standard InChI is InChI=1S/C9H9NO4/c1-2-8(13)10-5-3-6(11)9(14)7(12)4-5/h2-4,11-12,14H,1H2,(H,10,13). The largest absolute Gasteiger partial charge is 0.504 e. The van der Waals surface area contributed by atoms with Crippen molar-refractivity contribution in [3.63, 3.8) is 0 Å². The van der Waals surface area contributed by atoms with E-state index in [-0.39, 0.29) is 5.69 Å². The summed E-state index contributed by atoms with van der Waals surface area (Å²) in [5, 5.41) is 29.5. The highest BCUT2D eigenvalue weighted by atomic mass is 16.3. The summed E-state index contributed by atoms with van der Waals surface area (Å²) in [6, 6.07) is 2.22. The Morgan fingerprint density at radius 3 is 2.21 bits per heavy atom. The molecule has 0 fully saturated rings. The highest BCUT2D eigenvalue weighted by Gasteiger charge is 2.08. The molecule has 0 saturated heterocycles. The molecule has 74 valence electrons. The number of benzene rings is 1. The normalized spacial score (nSPS) is 9.43. The van der Waals surface area contributed by atoms with Gasteiger partial charge >= 0.3 is 0 Å². The average Bonchev–Trinajstić information content (AvgIpc) is 2.14. The molecule has 4 N–H and O–H groups in total. The third-order valence-corrected chi connectivity index (χ3v) is 1.52. The molecule has 1 aromatic carbocycles. The lowest BCUT2D eigenvalue weighted by molar-refractivity contribution is -0.111. The Bertz CT molecular complexity index is 363. The summed E-state index contributed by atoms with van der Waals surface area (Å²) in [6.07, 6.45) is 1.04.